The van der Waals surface area contributed by atoms with Gasteiger partial charge in [-0.05, 0) is 56.2 Å². The first kappa shape index (κ1) is 17.5. The normalized spacial score (nSPS) is 18.4. The molecule has 0 atom stereocenters. The number of likely N-dealkylation sites (tertiary alicyclic amines) is 1. The lowest BCUT2D eigenvalue weighted by Crippen LogP contribution is -2.44. The maximum atomic E-state index is 12.4. The van der Waals surface area contributed by atoms with E-state index in [9.17, 15) is 8.42 Å². The topological polar surface area (TPSA) is 40.6 Å². The quantitative estimate of drug-likeness (QED) is 0.825. The number of nitrogens with zero attached hydrogens (tertiary/aromatic N) is 2. The molecule has 1 aliphatic heterocycles. The first-order valence-corrected chi connectivity index (χ1v) is 9.44. The standard InChI is InChI=1S/C16H23ClN2O2S/c1-3-19-11-8-16(9-12-19)18(2)22(20,21)13-10-14-4-6-15(17)7-5-14/h4-7,10,13,16H,3,8-9,11-12H2,1-2H3. The van der Waals surface area contributed by atoms with Gasteiger partial charge in [0, 0.05) is 23.5 Å². The van der Waals surface area contributed by atoms with Crippen LogP contribution in [0.5, 0.6) is 0 Å². The molecule has 1 saturated heterocycles. The van der Waals surface area contributed by atoms with E-state index in [1.807, 2.05) is 0 Å². The molecule has 0 aromatic heterocycles. The zero-order valence-corrected chi connectivity index (χ0v) is 14.6. The van der Waals surface area contributed by atoms with E-state index in [2.05, 4.69) is 11.8 Å². The van der Waals surface area contributed by atoms with E-state index in [0.717, 1.165) is 38.0 Å². The van der Waals surface area contributed by atoms with E-state index >= 15 is 0 Å². The van der Waals surface area contributed by atoms with Crippen molar-refractivity contribution in [2.75, 3.05) is 26.7 Å². The van der Waals surface area contributed by atoms with Crippen molar-refractivity contribution in [2.24, 2.45) is 0 Å². The second kappa shape index (κ2) is 7.59. The first-order chi connectivity index (χ1) is 10.4. The molecule has 22 heavy (non-hydrogen) atoms. The second-order valence-corrected chi connectivity index (χ2v) is 7.90. The van der Waals surface area contributed by atoms with Gasteiger partial charge in [-0.15, -0.1) is 0 Å². The van der Waals surface area contributed by atoms with Crippen LogP contribution in [0, 0.1) is 0 Å². The van der Waals surface area contributed by atoms with E-state index in [0.29, 0.717) is 5.02 Å². The fourth-order valence-electron chi connectivity index (χ4n) is 2.64. The molecule has 0 unspecified atom stereocenters. The fourth-order valence-corrected chi connectivity index (χ4v) is 3.91. The van der Waals surface area contributed by atoms with E-state index in [4.69, 9.17) is 11.6 Å². The Balaban J connectivity index is 2.01. The van der Waals surface area contributed by atoms with Gasteiger partial charge in [0.25, 0.3) is 0 Å². The minimum atomic E-state index is -3.39. The molecule has 1 aromatic rings. The van der Waals surface area contributed by atoms with Crippen LogP contribution in [-0.2, 0) is 10.0 Å². The molecule has 6 heteroatoms. The number of hydrogen-bond acceptors (Lipinski definition) is 3. The summed E-state index contributed by atoms with van der Waals surface area (Å²) >= 11 is 5.82. The Kier molecular flexibility index (Phi) is 6.03. The van der Waals surface area contributed by atoms with Crippen LogP contribution in [0.1, 0.15) is 25.3 Å². The number of sulfonamides is 1. The summed E-state index contributed by atoms with van der Waals surface area (Å²) in [5.41, 5.74) is 0.821. The van der Waals surface area contributed by atoms with Gasteiger partial charge >= 0.3 is 0 Å². The molecule has 0 amide bonds. The molecule has 0 saturated carbocycles. The van der Waals surface area contributed by atoms with Gasteiger partial charge in [-0.25, -0.2) is 8.42 Å². The van der Waals surface area contributed by atoms with E-state index in [1.165, 1.54) is 9.71 Å². The molecule has 0 N–H and O–H groups in total. The predicted octanol–water partition coefficient (Wildman–Crippen LogP) is 3.06. The summed E-state index contributed by atoms with van der Waals surface area (Å²) in [6.45, 7) is 5.08. The molecule has 2 rings (SSSR count). The van der Waals surface area contributed by atoms with E-state index in [1.54, 1.807) is 37.4 Å². The van der Waals surface area contributed by atoms with Crippen LogP contribution in [0.15, 0.2) is 29.7 Å². The summed E-state index contributed by atoms with van der Waals surface area (Å²) in [5, 5.41) is 1.92. The number of piperidine rings is 1. The Morgan fingerprint density at radius 1 is 1.27 bits per heavy atom. The van der Waals surface area contributed by atoms with Crippen molar-refractivity contribution in [1.29, 1.82) is 0 Å². The van der Waals surface area contributed by atoms with Gasteiger partial charge in [0.05, 0.1) is 0 Å². The smallest absolute Gasteiger partial charge is 0.236 e. The van der Waals surface area contributed by atoms with Crippen molar-refractivity contribution < 1.29 is 8.42 Å². The number of rotatable bonds is 5. The van der Waals surface area contributed by atoms with Crippen molar-refractivity contribution in [2.45, 2.75) is 25.8 Å². The highest BCUT2D eigenvalue weighted by Crippen LogP contribution is 2.19. The average Bonchev–Trinajstić information content (AvgIpc) is 2.54. The molecule has 1 aliphatic rings. The molecule has 1 fully saturated rings. The molecule has 1 heterocycles. The van der Waals surface area contributed by atoms with Gasteiger partial charge in [-0.1, -0.05) is 30.7 Å². The monoisotopic (exact) mass is 342 g/mol. The van der Waals surface area contributed by atoms with Gasteiger partial charge in [-0.3, -0.25) is 0 Å². The lowest BCUT2D eigenvalue weighted by atomic mass is 10.1. The number of halogens is 1. The Morgan fingerprint density at radius 3 is 2.41 bits per heavy atom. The molecule has 0 aliphatic carbocycles. The largest absolute Gasteiger partial charge is 0.303 e. The van der Waals surface area contributed by atoms with E-state index in [-0.39, 0.29) is 6.04 Å². The van der Waals surface area contributed by atoms with Crippen LogP contribution in [0.3, 0.4) is 0 Å². The van der Waals surface area contributed by atoms with Crippen LogP contribution in [0.2, 0.25) is 5.02 Å². The van der Waals surface area contributed by atoms with Crippen molar-refractivity contribution in [3.8, 4) is 0 Å². The summed E-state index contributed by atoms with van der Waals surface area (Å²) in [7, 11) is -1.72. The van der Waals surface area contributed by atoms with Gasteiger partial charge in [-0.2, -0.15) is 4.31 Å². The molecule has 0 radical (unpaired) electrons. The third kappa shape index (κ3) is 4.56. The van der Waals surface area contributed by atoms with Crippen LogP contribution >= 0.6 is 11.6 Å². The summed E-state index contributed by atoms with van der Waals surface area (Å²) in [4.78, 5) is 2.35. The maximum absolute atomic E-state index is 12.4. The Morgan fingerprint density at radius 2 is 1.86 bits per heavy atom. The Bertz CT molecular complexity index is 606. The lowest BCUT2D eigenvalue weighted by Gasteiger charge is -2.35. The molecule has 4 nitrogen and oxygen atoms in total. The van der Waals surface area contributed by atoms with Crippen molar-refractivity contribution in [1.82, 2.24) is 9.21 Å². The molecule has 0 bridgehead atoms. The highest BCUT2D eigenvalue weighted by Gasteiger charge is 2.27. The lowest BCUT2D eigenvalue weighted by molar-refractivity contribution is 0.177. The number of benzene rings is 1. The van der Waals surface area contributed by atoms with E-state index < -0.39 is 10.0 Å². The minimum Gasteiger partial charge on any atom is -0.303 e. The molecule has 122 valence electrons. The molecular formula is C16H23ClN2O2S. The third-order valence-electron chi connectivity index (χ3n) is 4.22. The van der Waals surface area contributed by atoms with Crippen LogP contribution in [0.4, 0.5) is 0 Å². The van der Waals surface area contributed by atoms with Gasteiger partial charge in [0.1, 0.15) is 0 Å². The van der Waals surface area contributed by atoms with Gasteiger partial charge < -0.3 is 4.90 Å². The van der Waals surface area contributed by atoms with Crippen molar-refractivity contribution in [3.63, 3.8) is 0 Å². The maximum Gasteiger partial charge on any atom is 0.236 e. The van der Waals surface area contributed by atoms with Crippen molar-refractivity contribution >= 4 is 27.7 Å². The zero-order chi connectivity index (χ0) is 16.2. The summed E-state index contributed by atoms with van der Waals surface area (Å²) in [6.07, 6.45) is 3.39. The van der Waals surface area contributed by atoms with Crippen molar-refractivity contribution in [3.05, 3.63) is 40.3 Å². The van der Waals surface area contributed by atoms with Crippen LogP contribution < -0.4 is 0 Å². The average molecular weight is 343 g/mol. The summed E-state index contributed by atoms with van der Waals surface area (Å²) in [6, 6.07) is 7.18. The van der Waals surface area contributed by atoms with Crippen LogP contribution in [0.25, 0.3) is 6.08 Å². The molecule has 0 spiro atoms. The van der Waals surface area contributed by atoms with Gasteiger partial charge in [0.2, 0.25) is 10.0 Å². The number of hydrogen-bond donors (Lipinski definition) is 0. The first-order valence-electron chi connectivity index (χ1n) is 7.56. The SMILES string of the molecule is CCN1CCC(N(C)S(=O)(=O)C=Cc2ccc(Cl)cc2)CC1. The Labute approximate surface area is 138 Å². The second-order valence-electron chi connectivity index (χ2n) is 5.58. The highest BCUT2D eigenvalue weighted by molar-refractivity contribution is 7.92. The van der Waals surface area contributed by atoms with Gasteiger partial charge in [0.15, 0.2) is 0 Å². The Hall–Kier alpha value is -0.880. The third-order valence-corrected chi connectivity index (χ3v) is 6.06. The molecule has 1 aromatic carbocycles. The molecular weight excluding hydrogens is 320 g/mol. The highest BCUT2D eigenvalue weighted by atomic mass is 35.5. The minimum absolute atomic E-state index is 0.0858. The summed E-state index contributed by atoms with van der Waals surface area (Å²) in [5.74, 6) is 0. The fraction of sp³-hybridized carbons (Fsp3) is 0.500. The zero-order valence-electron chi connectivity index (χ0n) is 13.1. The summed E-state index contributed by atoms with van der Waals surface area (Å²) < 4.78 is 26.3. The predicted molar refractivity (Wildman–Crippen MR) is 92.3 cm³/mol. The van der Waals surface area contributed by atoms with Crippen LogP contribution in [-0.4, -0.2) is 50.3 Å².